The average molecular weight is 316 g/mol. The van der Waals surface area contributed by atoms with Crippen molar-refractivity contribution in [1.29, 1.82) is 0 Å². The van der Waals surface area contributed by atoms with Crippen LogP contribution in [0.5, 0.6) is 0 Å². The van der Waals surface area contributed by atoms with Crippen LogP contribution in [0.15, 0.2) is 22.7 Å². The fourth-order valence-corrected chi connectivity index (χ4v) is 2.94. The molecule has 0 unspecified atom stereocenters. The Bertz CT molecular complexity index is 371. The lowest BCUT2D eigenvalue weighted by Gasteiger charge is -2.31. The van der Waals surface area contributed by atoms with Crippen molar-refractivity contribution in [2.24, 2.45) is 0 Å². The molecular weight excluding hydrogens is 297 g/mol. The first-order valence-corrected chi connectivity index (χ1v) is 7.25. The summed E-state index contributed by atoms with van der Waals surface area (Å²) in [6.07, 6.45) is 2.56. The quantitative estimate of drug-likeness (QED) is 0.842. The normalized spacial score (nSPS) is 18.2. The van der Waals surface area contributed by atoms with E-state index in [4.69, 9.17) is 4.74 Å². The van der Waals surface area contributed by atoms with E-state index in [-0.39, 0.29) is 5.82 Å². The van der Waals surface area contributed by atoms with Gasteiger partial charge in [0.2, 0.25) is 0 Å². The van der Waals surface area contributed by atoms with Crippen LogP contribution in [0.1, 0.15) is 25.3 Å². The number of halogens is 2. The Balaban J connectivity index is 1.87. The minimum Gasteiger partial charge on any atom is -0.378 e. The molecule has 1 aliphatic heterocycles. The molecule has 2 rings (SSSR count). The molecule has 18 heavy (non-hydrogen) atoms. The first kappa shape index (κ1) is 14.0. The number of hydrogen-bond donors (Lipinski definition) is 0. The van der Waals surface area contributed by atoms with Crippen molar-refractivity contribution < 1.29 is 9.13 Å². The summed E-state index contributed by atoms with van der Waals surface area (Å²) in [6.45, 7) is 5.70. The zero-order valence-electron chi connectivity index (χ0n) is 10.7. The fourth-order valence-electron chi connectivity index (χ4n) is 2.43. The third-order valence-electron chi connectivity index (χ3n) is 3.27. The van der Waals surface area contributed by atoms with Crippen LogP contribution in [-0.4, -0.2) is 30.7 Å². The molecule has 0 radical (unpaired) electrons. The second kappa shape index (κ2) is 6.64. The van der Waals surface area contributed by atoms with Crippen LogP contribution in [0.2, 0.25) is 0 Å². The number of ether oxygens (including phenoxy) is 1. The number of piperidine rings is 1. The molecule has 0 spiro atoms. The highest BCUT2D eigenvalue weighted by atomic mass is 79.9. The maximum Gasteiger partial charge on any atom is 0.124 e. The Kier molecular flexibility index (Phi) is 5.15. The number of rotatable bonds is 4. The SMILES string of the molecule is CCOC1CCN(Cc2cc(F)cc(Br)c2)CC1. The molecule has 1 fully saturated rings. The standard InChI is InChI=1S/C14H19BrFNO/c1-2-18-14-3-5-17(6-4-14)10-11-7-12(15)9-13(16)8-11/h7-9,14H,2-6,10H2,1H3. The van der Waals surface area contributed by atoms with E-state index < -0.39 is 0 Å². The summed E-state index contributed by atoms with van der Waals surface area (Å²) in [5.74, 6) is -0.177. The molecule has 1 aromatic carbocycles. The van der Waals surface area contributed by atoms with E-state index in [1.54, 1.807) is 6.07 Å². The van der Waals surface area contributed by atoms with Crippen molar-refractivity contribution >= 4 is 15.9 Å². The number of benzene rings is 1. The van der Waals surface area contributed by atoms with E-state index in [9.17, 15) is 4.39 Å². The molecule has 0 bridgehead atoms. The Morgan fingerprint density at radius 3 is 2.67 bits per heavy atom. The summed E-state index contributed by atoms with van der Waals surface area (Å²) in [4.78, 5) is 2.36. The van der Waals surface area contributed by atoms with Crippen LogP contribution >= 0.6 is 15.9 Å². The highest BCUT2D eigenvalue weighted by Gasteiger charge is 2.19. The van der Waals surface area contributed by atoms with Gasteiger partial charge in [-0.1, -0.05) is 15.9 Å². The van der Waals surface area contributed by atoms with Crippen LogP contribution in [0.3, 0.4) is 0 Å². The summed E-state index contributed by atoms with van der Waals surface area (Å²) in [5, 5.41) is 0. The van der Waals surface area contributed by atoms with Gasteiger partial charge in [0.1, 0.15) is 5.82 Å². The highest BCUT2D eigenvalue weighted by Crippen LogP contribution is 2.19. The number of likely N-dealkylation sites (tertiary alicyclic amines) is 1. The van der Waals surface area contributed by atoms with Crippen LogP contribution in [0.4, 0.5) is 4.39 Å². The molecule has 1 aliphatic rings. The number of hydrogen-bond acceptors (Lipinski definition) is 2. The zero-order chi connectivity index (χ0) is 13.0. The lowest BCUT2D eigenvalue weighted by atomic mass is 10.1. The van der Waals surface area contributed by atoms with Crippen LogP contribution in [0, 0.1) is 5.82 Å². The molecule has 0 saturated carbocycles. The maximum atomic E-state index is 13.3. The maximum absolute atomic E-state index is 13.3. The van der Waals surface area contributed by atoms with Crippen molar-refractivity contribution in [3.8, 4) is 0 Å². The van der Waals surface area contributed by atoms with Gasteiger partial charge in [-0.3, -0.25) is 4.90 Å². The molecular formula is C14H19BrFNO. The van der Waals surface area contributed by atoms with E-state index in [1.807, 2.05) is 13.0 Å². The molecule has 0 N–H and O–H groups in total. The van der Waals surface area contributed by atoms with Crippen LogP contribution in [0.25, 0.3) is 0 Å². The van der Waals surface area contributed by atoms with Crippen molar-refractivity contribution in [1.82, 2.24) is 4.90 Å². The van der Waals surface area contributed by atoms with E-state index in [0.29, 0.717) is 6.10 Å². The molecule has 0 aliphatic carbocycles. The largest absolute Gasteiger partial charge is 0.378 e. The molecule has 4 heteroatoms. The summed E-state index contributed by atoms with van der Waals surface area (Å²) in [5.41, 5.74) is 1.02. The van der Waals surface area contributed by atoms with E-state index >= 15 is 0 Å². The first-order valence-electron chi connectivity index (χ1n) is 6.46. The summed E-state index contributed by atoms with van der Waals surface area (Å²) >= 11 is 3.33. The highest BCUT2D eigenvalue weighted by molar-refractivity contribution is 9.10. The van der Waals surface area contributed by atoms with Gasteiger partial charge < -0.3 is 4.74 Å². The van der Waals surface area contributed by atoms with Gasteiger partial charge in [0.15, 0.2) is 0 Å². The third kappa shape index (κ3) is 4.04. The van der Waals surface area contributed by atoms with Crippen molar-refractivity contribution in [3.63, 3.8) is 0 Å². The Hall–Kier alpha value is -0.450. The van der Waals surface area contributed by atoms with Gasteiger partial charge in [-0.25, -0.2) is 4.39 Å². The lowest BCUT2D eigenvalue weighted by Crippen LogP contribution is -2.36. The zero-order valence-corrected chi connectivity index (χ0v) is 12.2. The summed E-state index contributed by atoms with van der Waals surface area (Å²) in [7, 11) is 0. The van der Waals surface area contributed by atoms with E-state index in [2.05, 4.69) is 20.8 Å². The van der Waals surface area contributed by atoms with E-state index in [1.165, 1.54) is 6.07 Å². The molecule has 100 valence electrons. The molecule has 0 aromatic heterocycles. The second-order valence-corrected chi connectivity index (χ2v) is 5.62. The Morgan fingerprint density at radius 2 is 2.06 bits per heavy atom. The fraction of sp³-hybridized carbons (Fsp3) is 0.571. The lowest BCUT2D eigenvalue weighted by molar-refractivity contribution is 0.0125. The predicted molar refractivity (Wildman–Crippen MR) is 74.0 cm³/mol. The summed E-state index contributed by atoms with van der Waals surface area (Å²) < 4.78 is 19.7. The second-order valence-electron chi connectivity index (χ2n) is 4.71. The first-order chi connectivity index (χ1) is 8.67. The van der Waals surface area contributed by atoms with Crippen LogP contribution < -0.4 is 0 Å². The van der Waals surface area contributed by atoms with Crippen LogP contribution in [-0.2, 0) is 11.3 Å². The minimum atomic E-state index is -0.177. The molecule has 1 aromatic rings. The molecule has 1 heterocycles. The number of nitrogens with zero attached hydrogens (tertiary/aromatic N) is 1. The molecule has 2 nitrogen and oxygen atoms in total. The smallest absolute Gasteiger partial charge is 0.124 e. The molecule has 1 saturated heterocycles. The molecule has 0 atom stereocenters. The predicted octanol–water partition coefficient (Wildman–Crippen LogP) is 3.59. The van der Waals surface area contributed by atoms with Gasteiger partial charge in [0, 0.05) is 30.7 Å². The summed E-state index contributed by atoms with van der Waals surface area (Å²) in [6, 6.07) is 5.09. The monoisotopic (exact) mass is 315 g/mol. The van der Waals surface area contributed by atoms with Gasteiger partial charge in [-0.05, 0) is 43.5 Å². The van der Waals surface area contributed by atoms with Gasteiger partial charge >= 0.3 is 0 Å². The van der Waals surface area contributed by atoms with Crippen molar-refractivity contribution in [3.05, 3.63) is 34.1 Å². The molecule has 0 amide bonds. The van der Waals surface area contributed by atoms with Gasteiger partial charge in [-0.2, -0.15) is 0 Å². The average Bonchev–Trinajstić information content (AvgIpc) is 2.31. The van der Waals surface area contributed by atoms with Gasteiger partial charge in [-0.15, -0.1) is 0 Å². The topological polar surface area (TPSA) is 12.5 Å². The van der Waals surface area contributed by atoms with E-state index in [0.717, 1.165) is 49.1 Å². The Labute approximate surface area is 116 Å². The van der Waals surface area contributed by atoms with Gasteiger partial charge in [0.05, 0.1) is 6.10 Å². The van der Waals surface area contributed by atoms with Crippen molar-refractivity contribution in [2.75, 3.05) is 19.7 Å². The van der Waals surface area contributed by atoms with Crippen molar-refractivity contribution in [2.45, 2.75) is 32.4 Å². The Morgan fingerprint density at radius 1 is 1.33 bits per heavy atom. The third-order valence-corrected chi connectivity index (χ3v) is 3.72. The minimum absolute atomic E-state index is 0.177. The van der Waals surface area contributed by atoms with Gasteiger partial charge in [0.25, 0.3) is 0 Å².